The number of rotatable bonds is 3. The summed E-state index contributed by atoms with van der Waals surface area (Å²) in [4.78, 5) is 15.1. The van der Waals surface area contributed by atoms with Crippen molar-refractivity contribution in [2.45, 2.75) is 17.1 Å². The Labute approximate surface area is 219 Å². The average Bonchev–Trinajstić information content (AvgIpc) is 3.06. The van der Waals surface area contributed by atoms with Gasteiger partial charge in [-0.1, -0.05) is 18.2 Å². The van der Waals surface area contributed by atoms with Gasteiger partial charge in [0.05, 0.1) is 16.3 Å². The largest absolute Gasteiger partial charge is 0.417 e. The number of halogens is 6. The Hall–Kier alpha value is -2.83. The number of alkyl halides is 3. The van der Waals surface area contributed by atoms with Gasteiger partial charge in [0, 0.05) is 72.2 Å². The van der Waals surface area contributed by atoms with Gasteiger partial charge in [0.2, 0.25) is 5.91 Å². The Balaban J connectivity index is 1.88. The molecular formula is C24H23ClF5N5OS. The monoisotopic (exact) mass is 559 g/mol. The maximum absolute atomic E-state index is 14.9. The Morgan fingerprint density at radius 1 is 1.16 bits per heavy atom. The topological polar surface area (TPSA) is 85.5 Å². The third kappa shape index (κ3) is 5.41. The van der Waals surface area contributed by atoms with Crippen LogP contribution in [-0.4, -0.2) is 66.1 Å². The van der Waals surface area contributed by atoms with E-state index in [1.54, 1.807) is 4.90 Å². The molecule has 1 atom stereocenters. The zero-order valence-electron chi connectivity index (χ0n) is 19.4. The third-order valence-electron chi connectivity index (χ3n) is 6.19. The summed E-state index contributed by atoms with van der Waals surface area (Å²) in [5.41, 5.74) is 4.05. The number of nitrogens with zero attached hydrogens (tertiary/aromatic N) is 2. The fourth-order valence-corrected chi connectivity index (χ4v) is 5.66. The Bertz CT molecular complexity index is 1260. The highest BCUT2D eigenvalue weighted by molar-refractivity contribution is 7.99. The number of carbonyl (C=O) groups is 1. The fourth-order valence-electron chi connectivity index (χ4n) is 4.30. The number of hydrogen-bond acceptors (Lipinski definition) is 5. The van der Waals surface area contributed by atoms with Gasteiger partial charge < -0.3 is 20.9 Å². The minimum Gasteiger partial charge on any atom is -0.382 e. The molecule has 2 heterocycles. The summed E-state index contributed by atoms with van der Waals surface area (Å²) >= 11 is 6.83. The van der Waals surface area contributed by atoms with E-state index in [0.29, 0.717) is 6.07 Å². The van der Waals surface area contributed by atoms with E-state index in [1.165, 1.54) is 11.0 Å². The minimum absolute atomic E-state index is 0.0372. The lowest BCUT2D eigenvalue weighted by molar-refractivity contribution is -0.137. The average molecular weight is 560 g/mol. The molecule has 1 amide bonds. The first-order valence-corrected chi connectivity index (χ1v) is 12.6. The van der Waals surface area contributed by atoms with Crippen molar-refractivity contribution in [3.05, 3.63) is 58.6 Å². The summed E-state index contributed by atoms with van der Waals surface area (Å²) < 4.78 is 72.1. The molecule has 198 valence electrons. The number of hydrogen-bond donors (Lipinski definition) is 3. The van der Waals surface area contributed by atoms with E-state index >= 15 is 0 Å². The number of carbonyl (C=O) groups excluding carboxylic acids is 1. The first-order chi connectivity index (χ1) is 17.4. The minimum atomic E-state index is -4.93. The third-order valence-corrected chi connectivity index (χ3v) is 7.77. The molecule has 4 N–H and O–H groups in total. The molecule has 13 heteroatoms. The molecule has 2 aliphatic rings. The van der Waals surface area contributed by atoms with Gasteiger partial charge >= 0.3 is 6.18 Å². The van der Waals surface area contributed by atoms with Crippen molar-refractivity contribution in [3.8, 4) is 11.1 Å². The number of amidine groups is 1. The van der Waals surface area contributed by atoms with Crippen LogP contribution in [0.1, 0.15) is 11.1 Å². The summed E-state index contributed by atoms with van der Waals surface area (Å²) in [6.45, 7) is 4.65. The highest BCUT2D eigenvalue weighted by atomic mass is 35.5. The van der Waals surface area contributed by atoms with Crippen LogP contribution in [0.4, 0.5) is 27.6 Å². The van der Waals surface area contributed by atoms with Crippen LogP contribution in [0.2, 0.25) is 5.02 Å². The molecule has 2 aliphatic heterocycles. The van der Waals surface area contributed by atoms with Crippen molar-refractivity contribution in [2.24, 2.45) is 5.73 Å². The van der Waals surface area contributed by atoms with Gasteiger partial charge in [-0.25, -0.2) is 8.78 Å². The maximum atomic E-state index is 14.9. The Morgan fingerprint density at radius 2 is 1.81 bits per heavy atom. The van der Waals surface area contributed by atoms with Crippen molar-refractivity contribution >= 4 is 40.8 Å². The second kappa shape index (κ2) is 10.5. The quantitative estimate of drug-likeness (QED) is 0.165. The van der Waals surface area contributed by atoms with Gasteiger partial charge in [-0.15, -0.1) is 11.8 Å². The second-order valence-electron chi connectivity index (χ2n) is 8.61. The van der Waals surface area contributed by atoms with Gasteiger partial charge in [-0.05, 0) is 18.2 Å². The lowest BCUT2D eigenvalue weighted by Gasteiger charge is -2.36. The molecule has 2 aromatic carbocycles. The van der Waals surface area contributed by atoms with Gasteiger partial charge in [0.15, 0.2) is 0 Å². The zero-order chi connectivity index (χ0) is 27.1. The number of benzene rings is 2. The standard InChI is InChI=1S/C24H23ClF5N5OS/c1-2-19(36)34-3-5-35(6-4-34)23(32)14-7-15(24(28,29)30)20(13-8-16(25)18(27)9-17(13)26)22-21(14)33-10-12(31)11-37-22/h2,7-9,12,32-33H,1,3-6,10-11,31H2. The van der Waals surface area contributed by atoms with Crippen LogP contribution in [-0.2, 0) is 11.0 Å². The number of thioether (sulfide) groups is 1. The number of anilines is 1. The predicted molar refractivity (Wildman–Crippen MR) is 134 cm³/mol. The van der Waals surface area contributed by atoms with Crippen molar-refractivity contribution < 1.29 is 26.7 Å². The first-order valence-electron chi connectivity index (χ1n) is 11.2. The molecule has 2 aromatic rings. The lowest BCUT2D eigenvalue weighted by atomic mass is 9.94. The highest BCUT2D eigenvalue weighted by Gasteiger charge is 2.39. The van der Waals surface area contributed by atoms with E-state index in [2.05, 4.69) is 11.9 Å². The van der Waals surface area contributed by atoms with Crippen LogP contribution in [0.25, 0.3) is 11.1 Å². The summed E-state index contributed by atoms with van der Waals surface area (Å²) in [7, 11) is 0. The molecule has 0 radical (unpaired) electrons. The van der Waals surface area contributed by atoms with Crippen LogP contribution >= 0.6 is 23.4 Å². The van der Waals surface area contributed by atoms with E-state index < -0.39 is 45.6 Å². The molecule has 6 nitrogen and oxygen atoms in total. The number of fused-ring (bicyclic) bond motifs is 1. The molecule has 1 saturated heterocycles. The molecule has 37 heavy (non-hydrogen) atoms. The van der Waals surface area contributed by atoms with E-state index in [9.17, 15) is 26.7 Å². The molecule has 0 aliphatic carbocycles. The van der Waals surface area contributed by atoms with Crippen LogP contribution in [0.5, 0.6) is 0 Å². The fraction of sp³-hybridized carbons (Fsp3) is 0.333. The van der Waals surface area contributed by atoms with Gasteiger partial charge in [-0.3, -0.25) is 10.2 Å². The predicted octanol–water partition coefficient (Wildman–Crippen LogP) is 4.80. The first kappa shape index (κ1) is 27.2. The molecule has 0 aromatic heterocycles. The molecule has 1 unspecified atom stereocenters. The summed E-state index contributed by atoms with van der Waals surface area (Å²) in [5.74, 6) is -2.52. The molecule has 0 bridgehead atoms. The van der Waals surface area contributed by atoms with E-state index in [-0.39, 0.29) is 66.4 Å². The molecule has 1 fully saturated rings. The van der Waals surface area contributed by atoms with Crippen molar-refractivity contribution in [2.75, 3.05) is 43.8 Å². The van der Waals surface area contributed by atoms with Crippen molar-refractivity contribution in [1.29, 1.82) is 5.41 Å². The molecule has 0 spiro atoms. The van der Waals surface area contributed by atoms with E-state index in [0.717, 1.165) is 23.9 Å². The second-order valence-corrected chi connectivity index (χ2v) is 10.0. The SMILES string of the molecule is C=CC(=O)N1CCN(C(=N)c2cc(C(F)(F)F)c(-c3cc(Cl)c(F)cc3F)c3c2NCC(N)CS3)CC1. The van der Waals surface area contributed by atoms with Crippen molar-refractivity contribution in [1.82, 2.24) is 9.80 Å². The van der Waals surface area contributed by atoms with Crippen LogP contribution in [0.3, 0.4) is 0 Å². The number of nitrogens with one attached hydrogen (secondary N) is 2. The number of amides is 1. The maximum Gasteiger partial charge on any atom is 0.417 e. The summed E-state index contributed by atoms with van der Waals surface area (Å²) in [6.07, 6.45) is -3.75. The van der Waals surface area contributed by atoms with Crippen LogP contribution in [0, 0.1) is 17.0 Å². The smallest absolute Gasteiger partial charge is 0.382 e. The molecular weight excluding hydrogens is 537 g/mol. The van der Waals surface area contributed by atoms with Gasteiger partial charge in [0.1, 0.15) is 17.5 Å². The van der Waals surface area contributed by atoms with Gasteiger partial charge in [0.25, 0.3) is 0 Å². The van der Waals surface area contributed by atoms with Crippen LogP contribution in [0.15, 0.2) is 35.7 Å². The van der Waals surface area contributed by atoms with Crippen LogP contribution < -0.4 is 11.1 Å². The van der Waals surface area contributed by atoms with Crippen molar-refractivity contribution in [3.63, 3.8) is 0 Å². The normalized spacial score (nSPS) is 18.1. The Kier molecular flexibility index (Phi) is 7.72. The number of piperazine rings is 1. The lowest BCUT2D eigenvalue weighted by Crippen LogP contribution is -2.50. The molecule has 0 saturated carbocycles. The van der Waals surface area contributed by atoms with Gasteiger partial charge in [-0.2, -0.15) is 13.2 Å². The van der Waals surface area contributed by atoms with E-state index in [4.69, 9.17) is 22.7 Å². The van der Waals surface area contributed by atoms with E-state index in [1.807, 2.05) is 0 Å². The Morgan fingerprint density at radius 3 is 2.43 bits per heavy atom. The summed E-state index contributed by atoms with van der Waals surface area (Å²) in [5, 5.41) is 11.3. The summed E-state index contributed by atoms with van der Waals surface area (Å²) in [6, 6.07) is 1.66. The highest BCUT2D eigenvalue weighted by Crippen LogP contribution is 2.49. The molecule has 4 rings (SSSR count). The zero-order valence-corrected chi connectivity index (χ0v) is 21.0. The number of nitrogens with two attached hydrogens (primary N) is 1.